The highest BCUT2D eigenvalue weighted by atomic mass is 28.4. The average molecular weight is 499 g/mol. The lowest BCUT2D eigenvalue weighted by Crippen LogP contribution is -2.49. The average Bonchev–Trinajstić information content (AvgIpc) is 3.10. The van der Waals surface area contributed by atoms with Crippen molar-refractivity contribution in [3.63, 3.8) is 0 Å². The molecule has 0 spiro atoms. The number of rotatable bonds is 7. The first-order valence-corrected chi connectivity index (χ1v) is 17.7. The molecule has 4 aliphatic rings. The van der Waals surface area contributed by atoms with Gasteiger partial charge in [-0.15, -0.1) is 0 Å². The number of carbonyl (C=O) groups excluding carboxylic acids is 1. The molecule has 4 aliphatic carbocycles. The molecule has 0 aromatic heterocycles. The Bertz CT molecular complexity index is 874. The molecule has 0 bridgehead atoms. The van der Waals surface area contributed by atoms with Crippen LogP contribution in [0.2, 0.25) is 18.1 Å². The number of allylic oxidation sites excluding steroid dienone is 3. The number of hydrogen-bond acceptors (Lipinski definition) is 2. The first kappa shape index (κ1) is 27.4. The lowest BCUT2D eigenvalue weighted by Gasteiger charge is -2.55. The molecule has 6 atom stereocenters. The second-order valence-corrected chi connectivity index (χ2v) is 19.8. The van der Waals surface area contributed by atoms with E-state index < -0.39 is 8.32 Å². The lowest BCUT2D eigenvalue weighted by atomic mass is 9.50. The molecule has 0 saturated heterocycles. The molecule has 3 saturated carbocycles. The van der Waals surface area contributed by atoms with Crippen LogP contribution in [0.1, 0.15) is 113 Å². The summed E-state index contributed by atoms with van der Waals surface area (Å²) in [6.07, 6.45) is 16.8. The predicted molar refractivity (Wildman–Crippen MR) is 151 cm³/mol. The third-order valence-electron chi connectivity index (χ3n) is 11.4. The summed E-state index contributed by atoms with van der Waals surface area (Å²) in [5, 5.41) is 0.265. The molecular formula is C32H54O2Si. The number of ketones is 1. The molecule has 4 rings (SSSR count). The van der Waals surface area contributed by atoms with Gasteiger partial charge in [-0.3, -0.25) is 4.79 Å². The summed E-state index contributed by atoms with van der Waals surface area (Å²) in [5.41, 5.74) is 3.81. The fraction of sp³-hybridized carbons (Fsp3) is 0.844. The van der Waals surface area contributed by atoms with Crippen LogP contribution in [-0.4, -0.2) is 20.2 Å². The van der Waals surface area contributed by atoms with Gasteiger partial charge in [0.2, 0.25) is 0 Å². The molecule has 2 nitrogen and oxygen atoms in total. The molecule has 0 aromatic rings. The van der Waals surface area contributed by atoms with E-state index in [1.54, 1.807) is 11.1 Å². The van der Waals surface area contributed by atoms with Crippen LogP contribution in [0.4, 0.5) is 0 Å². The Morgan fingerprint density at radius 1 is 1.06 bits per heavy atom. The van der Waals surface area contributed by atoms with E-state index in [1.807, 2.05) is 0 Å². The van der Waals surface area contributed by atoms with Crippen molar-refractivity contribution in [1.82, 2.24) is 0 Å². The monoisotopic (exact) mass is 498 g/mol. The minimum atomic E-state index is -1.74. The molecule has 0 N–H and O–H groups in total. The zero-order valence-electron chi connectivity index (χ0n) is 24.4. The highest BCUT2D eigenvalue weighted by Gasteiger charge is 2.57. The van der Waals surface area contributed by atoms with Gasteiger partial charge in [-0.25, -0.2) is 0 Å². The van der Waals surface area contributed by atoms with Crippen molar-refractivity contribution < 1.29 is 9.22 Å². The molecule has 0 radical (unpaired) electrons. The minimum Gasteiger partial charge on any atom is -0.414 e. The van der Waals surface area contributed by atoms with E-state index in [1.165, 1.54) is 38.5 Å². The van der Waals surface area contributed by atoms with Crippen molar-refractivity contribution >= 4 is 14.1 Å². The van der Waals surface area contributed by atoms with Gasteiger partial charge in [0, 0.05) is 18.4 Å². The maximum Gasteiger partial charge on any atom is 0.192 e. The van der Waals surface area contributed by atoms with Crippen molar-refractivity contribution in [2.45, 2.75) is 137 Å². The molecule has 3 fully saturated rings. The predicted octanol–water partition coefficient (Wildman–Crippen LogP) is 9.27. The van der Waals surface area contributed by atoms with Crippen LogP contribution in [-0.2, 0) is 9.22 Å². The van der Waals surface area contributed by atoms with Gasteiger partial charge >= 0.3 is 0 Å². The fourth-order valence-corrected chi connectivity index (χ4v) is 9.44. The van der Waals surface area contributed by atoms with Crippen molar-refractivity contribution in [2.24, 2.45) is 34.5 Å². The van der Waals surface area contributed by atoms with Crippen molar-refractivity contribution in [1.29, 1.82) is 0 Å². The van der Waals surface area contributed by atoms with Crippen molar-refractivity contribution in [3.05, 3.63) is 23.3 Å². The molecule has 198 valence electrons. The quantitative estimate of drug-likeness (QED) is 0.327. The molecule has 0 amide bonds. The van der Waals surface area contributed by atoms with E-state index in [0.29, 0.717) is 29.6 Å². The Balaban J connectivity index is 1.50. The highest BCUT2D eigenvalue weighted by molar-refractivity contribution is 6.74. The third kappa shape index (κ3) is 4.94. The summed E-state index contributed by atoms with van der Waals surface area (Å²) >= 11 is 0. The summed E-state index contributed by atoms with van der Waals surface area (Å²) in [6.45, 7) is 21.4. The molecule has 0 aromatic carbocycles. The van der Waals surface area contributed by atoms with Crippen LogP contribution in [0.15, 0.2) is 23.3 Å². The third-order valence-corrected chi connectivity index (χ3v) is 15.9. The summed E-state index contributed by atoms with van der Waals surface area (Å²) in [4.78, 5) is 13.3. The molecule has 0 aliphatic heterocycles. The summed E-state index contributed by atoms with van der Waals surface area (Å²) < 4.78 is 6.89. The smallest absolute Gasteiger partial charge is 0.192 e. The SMILES string of the molecule is CC(C)CCCC(=O)[C@H]1CC[C@H]2C3=CC=C4CC(O[Si](C)(C)C(C)(C)C)CC[C@]4(C)[C@H]3CC[C@]12C. The van der Waals surface area contributed by atoms with Gasteiger partial charge in [-0.05, 0) is 98.1 Å². The highest BCUT2D eigenvalue weighted by Crippen LogP contribution is 2.65. The number of carbonyl (C=O) groups is 1. The van der Waals surface area contributed by atoms with Crippen molar-refractivity contribution in [3.8, 4) is 0 Å². The summed E-state index contributed by atoms with van der Waals surface area (Å²) in [6, 6.07) is 0. The van der Waals surface area contributed by atoms with Crippen LogP contribution in [0.3, 0.4) is 0 Å². The van der Waals surface area contributed by atoms with Crippen LogP contribution in [0, 0.1) is 34.5 Å². The van der Waals surface area contributed by atoms with E-state index in [4.69, 9.17) is 4.43 Å². The van der Waals surface area contributed by atoms with Gasteiger partial charge in [-0.2, -0.15) is 0 Å². The zero-order valence-corrected chi connectivity index (χ0v) is 25.4. The van der Waals surface area contributed by atoms with Crippen LogP contribution in [0.25, 0.3) is 0 Å². The molecule has 0 heterocycles. The van der Waals surface area contributed by atoms with Crippen LogP contribution >= 0.6 is 0 Å². The Hall–Kier alpha value is -0.673. The number of fused-ring (bicyclic) bond motifs is 5. The number of Topliss-reactive ketones (excluding diaryl/α,β-unsaturated/α-hetero) is 1. The minimum absolute atomic E-state index is 0.182. The summed E-state index contributed by atoms with van der Waals surface area (Å²) in [5.74, 6) is 2.83. The van der Waals surface area contributed by atoms with E-state index in [0.717, 1.165) is 25.7 Å². The maximum atomic E-state index is 13.3. The first-order valence-electron chi connectivity index (χ1n) is 14.8. The van der Waals surface area contributed by atoms with Crippen LogP contribution in [0.5, 0.6) is 0 Å². The fourth-order valence-electron chi connectivity index (χ4n) is 8.05. The second kappa shape index (κ2) is 9.57. The van der Waals surface area contributed by atoms with E-state index in [9.17, 15) is 4.79 Å². The van der Waals surface area contributed by atoms with Gasteiger partial charge in [0.1, 0.15) is 5.78 Å². The molecular weight excluding hydrogens is 444 g/mol. The number of hydrogen-bond donors (Lipinski definition) is 0. The second-order valence-electron chi connectivity index (χ2n) is 15.1. The molecule has 35 heavy (non-hydrogen) atoms. The Kier molecular flexibility index (Phi) is 7.48. The topological polar surface area (TPSA) is 26.3 Å². The standard InChI is InChI=1S/C32H54O2Si/c1-22(2)11-10-12-29(33)28-16-15-26-25-14-13-23-21-24(34-35(8,9)30(3,4)5)17-19-31(23,6)27(25)18-20-32(26,28)7/h13-14,22,24,26-28H,10-12,15-21H2,1-9H3/t24?,26-,27-,28+,31-,32-/m0/s1. The normalized spacial score (nSPS) is 37.3. The van der Waals surface area contributed by atoms with Gasteiger partial charge in [0.05, 0.1) is 0 Å². The molecule has 1 unspecified atom stereocenters. The zero-order chi connectivity index (χ0) is 25.8. The lowest BCUT2D eigenvalue weighted by molar-refractivity contribution is -0.127. The molecule has 3 heteroatoms. The van der Waals surface area contributed by atoms with E-state index >= 15 is 0 Å². The Morgan fingerprint density at radius 3 is 2.43 bits per heavy atom. The van der Waals surface area contributed by atoms with E-state index in [-0.39, 0.29) is 21.8 Å². The first-order chi connectivity index (χ1) is 16.2. The van der Waals surface area contributed by atoms with Gasteiger partial charge < -0.3 is 4.43 Å². The van der Waals surface area contributed by atoms with Gasteiger partial charge in [0.25, 0.3) is 0 Å². The van der Waals surface area contributed by atoms with Gasteiger partial charge in [0.15, 0.2) is 8.32 Å². The van der Waals surface area contributed by atoms with E-state index in [2.05, 4.69) is 73.7 Å². The maximum absolute atomic E-state index is 13.3. The van der Waals surface area contributed by atoms with Gasteiger partial charge in [-0.1, -0.05) is 78.2 Å². The summed E-state index contributed by atoms with van der Waals surface area (Å²) in [7, 11) is -1.74. The Labute approximate surface area is 217 Å². The largest absolute Gasteiger partial charge is 0.414 e. The van der Waals surface area contributed by atoms with Crippen molar-refractivity contribution in [2.75, 3.05) is 0 Å². The Morgan fingerprint density at radius 2 is 1.77 bits per heavy atom. The van der Waals surface area contributed by atoms with Crippen LogP contribution < -0.4 is 0 Å².